The number of rotatable bonds is 8. The molecule has 0 aliphatic heterocycles. The number of amides is 1. The Hall–Kier alpha value is -1.88. The molecular weight excluding hydrogens is 244 g/mol. The largest absolute Gasteiger partial charge is 0.481 e. The van der Waals surface area contributed by atoms with E-state index in [1.54, 1.807) is 0 Å². The van der Waals surface area contributed by atoms with Crippen LogP contribution in [-0.4, -0.2) is 29.6 Å². The topological polar surface area (TPSA) is 92.4 Å². The summed E-state index contributed by atoms with van der Waals surface area (Å²) in [4.78, 5) is 22.0. The molecule has 1 amide bonds. The first-order chi connectivity index (χ1) is 9.09. The van der Waals surface area contributed by atoms with E-state index in [0.717, 1.165) is 5.56 Å². The van der Waals surface area contributed by atoms with Gasteiger partial charge in [0.2, 0.25) is 5.91 Å². The molecule has 0 fully saturated rings. The van der Waals surface area contributed by atoms with Gasteiger partial charge in [0.05, 0.1) is 6.04 Å². The van der Waals surface area contributed by atoms with Crippen LogP contribution in [0, 0.1) is 0 Å². The van der Waals surface area contributed by atoms with Gasteiger partial charge in [-0.2, -0.15) is 0 Å². The quantitative estimate of drug-likeness (QED) is 0.609. The molecule has 5 heteroatoms. The standard InChI is InChI=1S/C14H20N2O3/c15-12(10-11-6-2-1-3-7-11)14(19)16-9-5-4-8-13(17)18/h1-3,6-7,12H,4-5,8-10,15H2,(H,16,19)(H,17,18)/t12-/m0/s1. The molecule has 0 saturated heterocycles. The van der Waals surface area contributed by atoms with E-state index in [-0.39, 0.29) is 12.3 Å². The Balaban J connectivity index is 2.20. The number of nitrogens with two attached hydrogens (primary N) is 1. The van der Waals surface area contributed by atoms with Crippen LogP contribution in [-0.2, 0) is 16.0 Å². The zero-order valence-corrected chi connectivity index (χ0v) is 10.8. The molecule has 0 aliphatic carbocycles. The molecule has 0 spiro atoms. The van der Waals surface area contributed by atoms with E-state index in [2.05, 4.69) is 5.32 Å². The number of carboxylic acid groups (broad SMARTS) is 1. The molecule has 1 aromatic rings. The predicted molar refractivity (Wildman–Crippen MR) is 72.6 cm³/mol. The van der Waals surface area contributed by atoms with Crippen molar-refractivity contribution in [2.45, 2.75) is 31.7 Å². The average molecular weight is 264 g/mol. The highest BCUT2D eigenvalue weighted by Crippen LogP contribution is 2.02. The maximum absolute atomic E-state index is 11.7. The van der Waals surface area contributed by atoms with Gasteiger partial charge >= 0.3 is 5.97 Å². The summed E-state index contributed by atoms with van der Waals surface area (Å²) in [6.45, 7) is 0.467. The third-order valence-corrected chi connectivity index (χ3v) is 2.75. The number of carbonyl (C=O) groups excluding carboxylic acids is 1. The molecule has 0 aliphatic rings. The summed E-state index contributed by atoms with van der Waals surface area (Å²) in [7, 11) is 0. The first kappa shape index (κ1) is 15.2. The zero-order chi connectivity index (χ0) is 14.1. The van der Waals surface area contributed by atoms with Crippen molar-refractivity contribution in [2.75, 3.05) is 6.54 Å². The Labute approximate surface area is 112 Å². The van der Waals surface area contributed by atoms with Gasteiger partial charge in [0, 0.05) is 13.0 Å². The normalized spacial score (nSPS) is 11.8. The Morgan fingerprint density at radius 2 is 1.89 bits per heavy atom. The summed E-state index contributed by atoms with van der Waals surface area (Å²) in [5, 5.41) is 11.2. The lowest BCUT2D eigenvalue weighted by molar-refractivity contribution is -0.137. The minimum Gasteiger partial charge on any atom is -0.481 e. The third kappa shape index (κ3) is 6.57. The van der Waals surface area contributed by atoms with Crippen LogP contribution in [0.25, 0.3) is 0 Å². The molecule has 104 valence electrons. The van der Waals surface area contributed by atoms with Crippen molar-refractivity contribution < 1.29 is 14.7 Å². The molecule has 4 N–H and O–H groups in total. The van der Waals surface area contributed by atoms with Crippen molar-refractivity contribution in [3.05, 3.63) is 35.9 Å². The number of unbranched alkanes of at least 4 members (excludes halogenated alkanes) is 1. The summed E-state index contributed by atoms with van der Waals surface area (Å²) in [6, 6.07) is 9.02. The smallest absolute Gasteiger partial charge is 0.303 e. The van der Waals surface area contributed by atoms with Gasteiger partial charge in [-0.3, -0.25) is 9.59 Å². The van der Waals surface area contributed by atoms with Crippen molar-refractivity contribution in [3.63, 3.8) is 0 Å². The summed E-state index contributed by atoms with van der Waals surface area (Å²) in [5.74, 6) is -1.01. The van der Waals surface area contributed by atoms with Crippen LogP contribution >= 0.6 is 0 Å². The zero-order valence-electron chi connectivity index (χ0n) is 10.8. The van der Waals surface area contributed by atoms with Crippen LogP contribution in [0.4, 0.5) is 0 Å². The van der Waals surface area contributed by atoms with Gasteiger partial charge in [-0.05, 0) is 24.8 Å². The minimum absolute atomic E-state index is 0.131. The first-order valence-electron chi connectivity index (χ1n) is 6.38. The summed E-state index contributed by atoms with van der Waals surface area (Å²) >= 11 is 0. The van der Waals surface area contributed by atoms with E-state index in [1.807, 2.05) is 30.3 Å². The van der Waals surface area contributed by atoms with E-state index < -0.39 is 12.0 Å². The Morgan fingerprint density at radius 3 is 2.53 bits per heavy atom. The van der Waals surface area contributed by atoms with Gasteiger partial charge < -0.3 is 16.2 Å². The number of carbonyl (C=O) groups is 2. The lowest BCUT2D eigenvalue weighted by atomic mass is 10.1. The fourth-order valence-corrected chi connectivity index (χ4v) is 1.70. The highest BCUT2D eigenvalue weighted by Gasteiger charge is 2.13. The number of benzene rings is 1. The van der Waals surface area contributed by atoms with Crippen molar-refractivity contribution in [1.29, 1.82) is 0 Å². The number of nitrogens with one attached hydrogen (secondary N) is 1. The Morgan fingerprint density at radius 1 is 1.21 bits per heavy atom. The van der Waals surface area contributed by atoms with Gasteiger partial charge in [-0.1, -0.05) is 30.3 Å². The lowest BCUT2D eigenvalue weighted by Gasteiger charge is -2.12. The molecular formula is C14H20N2O3. The number of hydrogen-bond donors (Lipinski definition) is 3. The van der Waals surface area contributed by atoms with Crippen molar-refractivity contribution >= 4 is 11.9 Å². The van der Waals surface area contributed by atoms with E-state index in [0.29, 0.717) is 25.8 Å². The molecule has 1 rings (SSSR count). The Bertz CT molecular complexity index is 406. The predicted octanol–water partition coefficient (Wildman–Crippen LogP) is 0.927. The maximum Gasteiger partial charge on any atom is 0.303 e. The van der Waals surface area contributed by atoms with Crippen LogP contribution in [0.1, 0.15) is 24.8 Å². The van der Waals surface area contributed by atoms with E-state index in [9.17, 15) is 9.59 Å². The third-order valence-electron chi connectivity index (χ3n) is 2.75. The molecule has 0 aromatic heterocycles. The maximum atomic E-state index is 11.7. The summed E-state index contributed by atoms with van der Waals surface area (Å²) in [5.41, 5.74) is 6.83. The molecule has 0 bridgehead atoms. The van der Waals surface area contributed by atoms with Crippen molar-refractivity contribution in [2.24, 2.45) is 5.73 Å². The second-order valence-electron chi connectivity index (χ2n) is 4.44. The van der Waals surface area contributed by atoms with Crippen molar-refractivity contribution in [1.82, 2.24) is 5.32 Å². The summed E-state index contributed by atoms with van der Waals surface area (Å²) in [6.07, 6.45) is 1.84. The fourth-order valence-electron chi connectivity index (χ4n) is 1.70. The molecule has 19 heavy (non-hydrogen) atoms. The van der Waals surface area contributed by atoms with Gasteiger partial charge in [0.15, 0.2) is 0 Å². The molecule has 1 aromatic carbocycles. The van der Waals surface area contributed by atoms with Gasteiger partial charge in [-0.25, -0.2) is 0 Å². The van der Waals surface area contributed by atoms with Crippen LogP contribution < -0.4 is 11.1 Å². The molecule has 0 heterocycles. The van der Waals surface area contributed by atoms with Crippen molar-refractivity contribution in [3.8, 4) is 0 Å². The summed E-state index contributed by atoms with van der Waals surface area (Å²) < 4.78 is 0. The first-order valence-corrected chi connectivity index (χ1v) is 6.38. The molecule has 1 atom stereocenters. The second kappa shape index (κ2) is 8.26. The van der Waals surface area contributed by atoms with Crippen LogP contribution in [0.15, 0.2) is 30.3 Å². The van der Waals surface area contributed by atoms with Crippen LogP contribution in [0.5, 0.6) is 0 Å². The van der Waals surface area contributed by atoms with E-state index in [4.69, 9.17) is 10.8 Å². The number of aliphatic carboxylic acids is 1. The number of hydrogen-bond acceptors (Lipinski definition) is 3. The molecule has 0 saturated carbocycles. The molecule has 5 nitrogen and oxygen atoms in total. The lowest BCUT2D eigenvalue weighted by Crippen LogP contribution is -2.42. The minimum atomic E-state index is -0.813. The monoisotopic (exact) mass is 264 g/mol. The average Bonchev–Trinajstić information content (AvgIpc) is 2.38. The van der Waals surface area contributed by atoms with E-state index >= 15 is 0 Å². The Kier molecular flexibility index (Phi) is 6.60. The fraction of sp³-hybridized carbons (Fsp3) is 0.429. The van der Waals surface area contributed by atoms with Crippen LogP contribution in [0.2, 0.25) is 0 Å². The molecule has 0 radical (unpaired) electrons. The molecule has 0 unspecified atom stereocenters. The van der Waals surface area contributed by atoms with Gasteiger partial charge in [0.1, 0.15) is 0 Å². The SMILES string of the molecule is N[C@@H](Cc1ccccc1)C(=O)NCCCCC(=O)O. The van der Waals surface area contributed by atoms with Crippen LogP contribution in [0.3, 0.4) is 0 Å². The number of carboxylic acids is 1. The highest BCUT2D eigenvalue weighted by atomic mass is 16.4. The van der Waals surface area contributed by atoms with Gasteiger partial charge in [0.25, 0.3) is 0 Å². The van der Waals surface area contributed by atoms with E-state index in [1.165, 1.54) is 0 Å². The second-order valence-corrected chi connectivity index (χ2v) is 4.44. The highest BCUT2D eigenvalue weighted by molar-refractivity contribution is 5.81. The van der Waals surface area contributed by atoms with Gasteiger partial charge in [-0.15, -0.1) is 0 Å².